The molecular formula is C22H24ClF2N7O3. The van der Waals surface area contributed by atoms with Crippen molar-refractivity contribution < 1.29 is 23.4 Å². The van der Waals surface area contributed by atoms with E-state index in [1.54, 1.807) is 4.57 Å². The van der Waals surface area contributed by atoms with Gasteiger partial charge >= 0.3 is 0 Å². The normalized spacial score (nSPS) is 24.6. The molecule has 5 rings (SSSR count). The first-order valence-corrected chi connectivity index (χ1v) is 11.7. The summed E-state index contributed by atoms with van der Waals surface area (Å²) in [5, 5.41) is 15.8. The van der Waals surface area contributed by atoms with E-state index < -0.39 is 23.4 Å². The fourth-order valence-electron chi connectivity index (χ4n) is 4.63. The molecule has 0 radical (unpaired) electrons. The maximum absolute atomic E-state index is 14.5. The van der Waals surface area contributed by atoms with Crippen molar-refractivity contribution >= 4 is 46.3 Å². The summed E-state index contributed by atoms with van der Waals surface area (Å²) >= 11 is 5.76. The minimum Gasteiger partial charge on any atom is -0.388 e. The van der Waals surface area contributed by atoms with Gasteiger partial charge in [0.2, 0.25) is 17.8 Å². The van der Waals surface area contributed by atoms with Gasteiger partial charge in [-0.15, -0.1) is 0 Å². The zero-order valence-electron chi connectivity index (χ0n) is 18.5. The van der Waals surface area contributed by atoms with Gasteiger partial charge in [-0.3, -0.25) is 9.36 Å². The molecule has 2 fully saturated rings. The van der Waals surface area contributed by atoms with Gasteiger partial charge in [0, 0.05) is 17.0 Å². The Bertz CT molecular complexity index is 1240. The maximum Gasteiger partial charge on any atom is 0.225 e. The monoisotopic (exact) mass is 507 g/mol. The van der Waals surface area contributed by atoms with Gasteiger partial charge in [0.15, 0.2) is 17.3 Å². The predicted octanol–water partition coefficient (Wildman–Crippen LogP) is 2.89. The van der Waals surface area contributed by atoms with Crippen LogP contribution in [0.2, 0.25) is 5.02 Å². The molecule has 1 aliphatic carbocycles. The van der Waals surface area contributed by atoms with Crippen LogP contribution in [0.1, 0.15) is 31.7 Å². The molecule has 1 saturated heterocycles. The fourth-order valence-corrected chi connectivity index (χ4v) is 4.82. The van der Waals surface area contributed by atoms with Crippen molar-refractivity contribution in [1.82, 2.24) is 19.5 Å². The van der Waals surface area contributed by atoms with Crippen LogP contribution in [0.15, 0.2) is 18.3 Å². The third kappa shape index (κ3) is 4.73. The number of primary amides is 1. The number of ether oxygens (including phenoxy) is 1. The number of nitrogens with zero attached hydrogens (tertiary/aromatic N) is 4. The summed E-state index contributed by atoms with van der Waals surface area (Å²) in [4.78, 5) is 25.0. The first-order valence-electron chi connectivity index (χ1n) is 11.3. The molecule has 1 saturated carbocycles. The lowest BCUT2D eigenvalue weighted by atomic mass is 9.85. The van der Waals surface area contributed by atoms with E-state index in [1.807, 2.05) is 0 Å². The molecule has 10 nitrogen and oxygen atoms in total. The number of carbonyl (C=O) groups is 1. The third-order valence-electron chi connectivity index (χ3n) is 6.51. The van der Waals surface area contributed by atoms with Gasteiger partial charge in [0.1, 0.15) is 11.2 Å². The minimum absolute atomic E-state index is 0.0662. The molecular weight excluding hydrogens is 484 g/mol. The summed E-state index contributed by atoms with van der Waals surface area (Å²) in [7, 11) is 0. The standard InChI is InChI=1S/C22H24ClF2N7O3/c23-11-5-13(24)18(14(25)6-11)30-22-29-15-7-27-21(28-16-8-35-9-17(16)33)31-20(15)32(22)12-3-1-10(2-4-12)19(26)34/h5-7,10,12,16-17,33H,1-4,8-9H2,(H2,26,34)(H,29,30)(H,27,28,31). The highest BCUT2D eigenvalue weighted by atomic mass is 35.5. The molecule has 2 unspecified atom stereocenters. The van der Waals surface area contributed by atoms with Crippen LogP contribution in [-0.2, 0) is 9.53 Å². The molecule has 2 aliphatic rings. The molecule has 13 heteroatoms. The minimum atomic E-state index is -0.866. The number of nitrogens with two attached hydrogens (primary N) is 1. The molecule has 0 bridgehead atoms. The van der Waals surface area contributed by atoms with Crippen molar-refractivity contribution in [3.8, 4) is 0 Å². The molecule has 3 heterocycles. The van der Waals surface area contributed by atoms with Crippen LogP contribution in [0.3, 0.4) is 0 Å². The Morgan fingerprint density at radius 3 is 2.51 bits per heavy atom. The lowest BCUT2D eigenvalue weighted by molar-refractivity contribution is -0.122. The van der Waals surface area contributed by atoms with E-state index in [0.717, 1.165) is 12.1 Å². The summed E-state index contributed by atoms with van der Waals surface area (Å²) in [5.74, 6) is -1.86. The van der Waals surface area contributed by atoms with E-state index in [4.69, 9.17) is 22.1 Å². The number of nitrogens with one attached hydrogen (secondary N) is 2. The van der Waals surface area contributed by atoms with Crippen molar-refractivity contribution in [1.29, 1.82) is 0 Å². The van der Waals surface area contributed by atoms with Crippen molar-refractivity contribution in [2.75, 3.05) is 23.8 Å². The van der Waals surface area contributed by atoms with E-state index in [1.165, 1.54) is 6.20 Å². The number of halogens is 3. The number of imidazole rings is 1. The Kier molecular flexibility index (Phi) is 6.43. The summed E-state index contributed by atoms with van der Waals surface area (Å²) < 4.78 is 36.1. The van der Waals surface area contributed by atoms with Gasteiger partial charge in [0.25, 0.3) is 0 Å². The highest BCUT2D eigenvalue weighted by Crippen LogP contribution is 2.37. The number of hydrogen-bond acceptors (Lipinski definition) is 8. The summed E-state index contributed by atoms with van der Waals surface area (Å²) in [6.07, 6.45) is 3.15. The molecule has 186 valence electrons. The fraction of sp³-hybridized carbons (Fsp3) is 0.455. The topological polar surface area (TPSA) is 140 Å². The smallest absolute Gasteiger partial charge is 0.225 e. The van der Waals surface area contributed by atoms with Gasteiger partial charge in [-0.05, 0) is 37.8 Å². The van der Waals surface area contributed by atoms with Crippen LogP contribution in [0.4, 0.5) is 26.4 Å². The van der Waals surface area contributed by atoms with Crippen molar-refractivity contribution in [2.45, 2.75) is 43.9 Å². The number of aromatic nitrogens is 4. The van der Waals surface area contributed by atoms with E-state index in [9.17, 15) is 18.7 Å². The summed E-state index contributed by atoms with van der Waals surface area (Å²) in [5.41, 5.74) is 5.94. The third-order valence-corrected chi connectivity index (χ3v) is 6.72. The Morgan fingerprint density at radius 1 is 1.17 bits per heavy atom. The largest absolute Gasteiger partial charge is 0.388 e. The zero-order chi connectivity index (χ0) is 24.7. The number of aliphatic hydroxyl groups is 1. The number of fused-ring (bicyclic) bond motifs is 1. The van der Waals surface area contributed by atoms with Crippen LogP contribution in [0, 0.1) is 17.6 Å². The van der Waals surface area contributed by atoms with Crippen molar-refractivity contribution in [3.63, 3.8) is 0 Å². The van der Waals surface area contributed by atoms with Gasteiger partial charge in [0.05, 0.1) is 31.6 Å². The lowest BCUT2D eigenvalue weighted by Crippen LogP contribution is -2.32. The number of rotatable bonds is 6. The molecule has 35 heavy (non-hydrogen) atoms. The second-order valence-electron chi connectivity index (χ2n) is 8.84. The second-order valence-corrected chi connectivity index (χ2v) is 9.28. The molecule has 1 aromatic carbocycles. The average molecular weight is 508 g/mol. The van der Waals surface area contributed by atoms with Crippen LogP contribution >= 0.6 is 11.6 Å². The van der Waals surface area contributed by atoms with Crippen LogP contribution in [0.25, 0.3) is 11.2 Å². The number of aliphatic hydroxyl groups excluding tert-OH is 1. The average Bonchev–Trinajstić information content (AvgIpc) is 3.38. The van der Waals surface area contributed by atoms with Crippen molar-refractivity contribution in [2.24, 2.45) is 11.7 Å². The predicted molar refractivity (Wildman–Crippen MR) is 124 cm³/mol. The molecule has 2 aromatic heterocycles. The highest BCUT2D eigenvalue weighted by Gasteiger charge is 2.31. The number of benzene rings is 1. The van der Waals surface area contributed by atoms with Crippen LogP contribution < -0.4 is 16.4 Å². The maximum atomic E-state index is 14.5. The second kappa shape index (κ2) is 9.51. The molecule has 0 spiro atoms. The number of hydrogen-bond donors (Lipinski definition) is 4. The van der Waals surface area contributed by atoms with Crippen molar-refractivity contribution in [3.05, 3.63) is 35.0 Å². The lowest BCUT2D eigenvalue weighted by Gasteiger charge is -2.29. The summed E-state index contributed by atoms with van der Waals surface area (Å²) in [6.45, 7) is 0.522. The zero-order valence-corrected chi connectivity index (χ0v) is 19.3. The van der Waals surface area contributed by atoms with E-state index >= 15 is 0 Å². The van der Waals surface area contributed by atoms with E-state index in [-0.39, 0.29) is 47.4 Å². The highest BCUT2D eigenvalue weighted by molar-refractivity contribution is 6.30. The van der Waals surface area contributed by atoms with E-state index in [0.29, 0.717) is 43.5 Å². The van der Waals surface area contributed by atoms with Gasteiger partial charge in [-0.2, -0.15) is 4.98 Å². The Labute approximate surface area is 203 Å². The Balaban J connectivity index is 1.54. The number of anilines is 3. The van der Waals surface area contributed by atoms with Gasteiger partial charge in [-0.25, -0.2) is 18.7 Å². The quantitative estimate of drug-likeness (QED) is 0.399. The van der Waals surface area contributed by atoms with E-state index in [2.05, 4.69) is 25.6 Å². The molecule has 3 aromatic rings. The van der Waals surface area contributed by atoms with Crippen LogP contribution in [-0.4, -0.2) is 55.9 Å². The van der Waals surface area contributed by atoms with Crippen LogP contribution in [0.5, 0.6) is 0 Å². The molecule has 2 atom stereocenters. The molecule has 1 amide bonds. The number of amides is 1. The SMILES string of the molecule is NC(=O)C1CCC(n2c(Nc3c(F)cc(Cl)cc3F)nc3cnc(NC4COCC4O)nc32)CC1. The summed E-state index contributed by atoms with van der Waals surface area (Å²) in [6, 6.07) is 1.49. The first-order chi connectivity index (χ1) is 16.8. The molecule has 5 N–H and O–H groups in total. The Hall–Kier alpha value is -3.09. The molecule has 1 aliphatic heterocycles. The van der Waals surface area contributed by atoms with Gasteiger partial charge in [-0.1, -0.05) is 11.6 Å². The Morgan fingerprint density at radius 2 is 1.89 bits per heavy atom. The van der Waals surface area contributed by atoms with Gasteiger partial charge < -0.3 is 26.2 Å². The first kappa shape index (κ1) is 23.6. The number of carbonyl (C=O) groups excluding carboxylic acids is 1.